The van der Waals surface area contributed by atoms with E-state index in [1.165, 1.54) is 0 Å². The molecule has 0 aromatic heterocycles. The number of rotatable bonds is 5. The largest absolute Gasteiger partial charge is 0.480 e. The fourth-order valence-electron chi connectivity index (χ4n) is 2.43. The number of nitrogens with zero attached hydrogens (tertiary/aromatic N) is 2. The summed E-state index contributed by atoms with van der Waals surface area (Å²) in [5.41, 5.74) is 4.97. The number of nitrogens with two attached hydrogens (primary N) is 1. The van der Waals surface area contributed by atoms with Crippen molar-refractivity contribution in [2.75, 3.05) is 27.2 Å². The number of aliphatic carboxylic acids is 1. The van der Waals surface area contributed by atoms with E-state index in [0.29, 0.717) is 19.0 Å². The van der Waals surface area contributed by atoms with E-state index in [1.54, 1.807) is 4.90 Å². The fourth-order valence-corrected chi connectivity index (χ4v) is 2.43. The number of nitrogens with one attached hydrogen (secondary N) is 1. The maximum Gasteiger partial charge on any atom is 0.326 e. The molecule has 1 aliphatic rings. The van der Waals surface area contributed by atoms with E-state index in [0.717, 1.165) is 0 Å². The predicted octanol–water partition coefficient (Wildman–Crippen LogP) is -1.09. The van der Waals surface area contributed by atoms with E-state index in [9.17, 15) is 14.4 Å². The highest BCUT2D eigenvalue weighted by atomic mass is 16.4. The zero-order valence-corrected chi connectivity index (χ0v) is 12.0. The second-order valence-corrected chi connectivity index (χ2v) is 5.42. The van der Waals surface area contributed by atoms with E-state index in [4.69, 9.17) is 10.8 Å². The lowest BCUT2D eigenvalue weighted by molar-refractivity contribution is -0.140. The zero-order chi connectivity index (χ0) is 15.4. The Morgan fingerprint density at radius 3 is 2.40 bits per heavy atom. The van der Waals surface area contributed by atoms with Gasteiger partial charge in [-0.1, -0.05) is 6.92 Å². The van der Waals surface area contributed by atoms with Crippen LogP contribution in [0.25, 0.3) is 0 Å². The topological polar surface area (TPSA) is 116 Å². The minimum atomic E-state index is -1.28. The number of primary amides is 1. The monoisotopic (exact) mass is 286 g/mol. The second-order valence-electron chi connectivity index (χ2n) is 5.42. The Kier molecular flexibility index (Phi) is 5.32. The van der Waals surface area contributed by atoms with Gasteiger partial charge >= 0.3 is 12.0 Å². The third-order valence-corrected chi connectivity index (χ3v) is 3.52. The standard InChI is InChI=1S/C12H22N4O4/c1-7-5-16(6-9(7)15(2)3)12(20)14-8(11(18)19)4-10(13)17/h7-9H,4-6H2,1-3H3,(H2,13,17)(H,14,20)(H,18,19)/t7?,8-,9?/m1/s1. The highest BCUT2D eigenvalue weighted by Gasteiger charge is 2.35. The number of hydrogen-bond donors (Lipinski definition) is 3. The molecule has 3 amide bonds. The van der Waals surface area contributed by atoms with E-state index in [2.05, 4.69) is 5.32 Å². The van der Waals surface area contributed by atoms with Crippen LogP contribution in [0.2, 0.25) is 0 Å². The summed E-state index contributed by atoms with van der Waals surface area (Å²) in [7, 11) is 3.88. The lowest BCUT2D eigenvalue weighted by Crippen LogP contribution is -2.49. The normalized spacial score (nSPS) is 23.7. The minimum absolute atomic E-state index is 0.236. The van der Waals surface area contributed by atoms with Crippen LogP contribution in [0.4, 0.5) is 4.79 Å². The smallest absolute Gasteiger partial charge is 0.326 e. The van der Waals surface area contributed by atoms with E-state index in [1.807, 2.05) is 25.9 Å². The van der Waals surface area contributed by atoms with Gasteiger partial charge in [0.15, 0.2) is 0 Å². The van der Waals surface area contributed by atoms with E-state index < -0.39 is 30.4 Å². The molecule has 0 aromatic carbocycles. The summed E-state index contributed by atoms with van der Waals surface area (Å²) in [6.07, 6.45) is -0.415. The van der Waals surface area contributed by atoms with Crippen molar-refractivity contribution in [2.45, 2.75) is 25.4 Å². The van der Waals surface area contributed by atoms with Gasteiger partial charge in [-0.05, 0) is 20.0 Å². The van der Waals surface area contributed by atoms with Crippen LogP contribution in [-0.2, 0) is 9.59 Å². The molecule has 114 valence electrons. The number of carbonyl (C=O) groups is 3. The van der Waals surface area contributed by atoms with Crippen molar-refractivity contribution >= 4 is 17.9 Å². The van der Waals surface area contributed by atoms with Crippen molar-refractivity contribution in [3.8, 4) is 0 Å². The number of hydrogen-bond acceptors (Lipinski definition) is 4. The minimum Gasteiger partial charge on any atom is -0.480 e. The lowest BCUT2D eigenvalue weighted by atomic mass is 10.1. The van der Waals surface area contributed by atoms with Crippen LogP contribution in [0.15, 0.2) is 0 Å². The maximum atomic E-state index is 12.0. The Labute approximate surface area is 117 Å². The van der Waals surface area contributed by atoms with Gasteiger partial charge in [0.05, 0.1) is 6.42 Å². The molecule has 1 fully saturated rings. The molecule has 2 unspecified atom stereocenters. The van der Waals surface area contributed by atoms with Crippen LogP contribution >= 0.6 is 0 Å². The maximum absolute atomic E-state index is 12.0. The number of carboxylic acids is 1. The van der Waals surface area contributed by atoms with Crippen molar-refractivity contribution in [1.82, 2.24) is 15.1 Å². The van der Waals surface area contributed by atoms with Crippen LogP contribution < -0.4 is 11.1 Å². The molecule has 20 heavy (non-hydrogen) atoms. The number of urea groups is 1. The molecule has 0 radical (unpaired) electrons. The van der Waals surface area contributed by atoms with Gasteiger partial charge in [0, 0.05) is 19.1 Å². The molecule has 1 saturated heterocycles. The number of amides is 3. The first kappa shape index (κ1) is 16.2. The highest BCUT2D eigenvalue weighted by Crippen LogP contribution is 2.19. The Balaban J connectivity index is 2.62. The second kappa shape index (κ2) is 6.56. The number of carbonyl (C=O) groups excluding carboxylic acids is 2. The van der Waals surface area contributed by atoms with Gasteiger partial charge in [0.2, 0.25) is 5.91 Å². The Hall–Kier alpha value is -1.83. The Bertz CT molecular complexity index is 399. The SMILES string of the molecule is CC1CN(C(=O)N[C@H](CC(N)=O)C(=O)O)CC1N(C)C. The molecule has 1 rings (SSSR count). The molecule has 0 aliphatic carbocycles. The van der Waals surface area contributed by atoms with Gasteiger partial charge in [-0.25, -0.2) is 9.59 Å². The highest BCUT2D eigenvalue weighted by molar-refractivity contribution is 5.87. The molecule has 0 bridgehead atoms. The molecule has 1 heterocycles. The van der Waals surface area contributed by atoms with Crippen molar-refractivity contribution in [3.63, 3.8) is 0 Å². The molecule has 0 saturated carbocycles. The third kappa shape index (κ3) is 4.09. The molecular formula is C12H22N4O4. The van der Waals surface area contributed by atoms with Crippen LogP contribution in [0, 0.1) is 5.92 Å². The first-order chi connectivity index (χ1) is 9.22. The number of likely N-dealkylation sites (tertiary alicyclic amines) is 1. The molecule has 8 nitrogen and oxygen atoms in total. The van der Waals surface area contributed by atoms with Crippen LogP contribution in [0.3, 0.4) is 0 Å². The van der Waals surface area contributed by atoms with Crippen LogP contribution in [0.5, 0.6) is 0 Å². The first-order valence-corrected chi connectivity index (χ1v) is 6.45. The molecule has 1 aliphatic heterocycles. The summed E-state index contributed by atoms with van der Waals surface area (Å²) in [5.74, 6) is -1.73. The summed E-state index contributed by atoms with van der Waals surface area (Å²) in [4.78, 5) is 37.4. The molecule has 3 atom stereocenters. The molecule has 0 spiro atoms. The summed E-state index contributed by atoms with van der Waals surface area (Å²) in [5, 5.41) is 11.3. The average Bonchev–Trinajstić information content (AvgIpc) is 2.69. The predicted molar refractivity (Wildman–Crippen MR) is 72.0 cm³/mol. The zero-order valence-electron chi connectivity index (χ0n) is 12.0. The molecule has 0 aromatic rings. The summed E-state index contributed by atoms with van der Waals surface area (Å²) in [6, 6.07) is -1.52. The van der Waals surface area contributed by atoms with Gasteiger partial charge in [-0.3, -0.25) is 4.79 Å². The summed E-state index contributed by atoms with van der Waals surface area (Å²) < 4.78 is 0. The average molecular weight is 286 g/mol. The van der Waals surface area contributed by atoms with Crippen LogP contribution in [-0.4, -0.2) is 72.1 Å². The molecular weight excluding hydrogens is 264 g/mol. The van der Waals surface area contributed by atoms with Crippen molar-refractivity contribution in [1.29, 1.82) is 0 Å². The van der Waals surface area contributed by atoms with Crippen molar-refractivity contribution < 1.29 is 19.5 Å². The molecule has 4 N–H and O–H groups in total. The lowest BCUT2D eigenvalue weighted by Gasteiger charge is -2.23. The van der Waals surface area contributed by atoms with Gasteiger partial charge < -0.3 is 26.0 Å². The first-order valence-electron chi connectivity index (χ1n) is 6.45. The number of carboxylic acid groups (broad SMARTS) is 1. The quantitative estimate of drug-likeness (QED) is 0.593. The van der Waals surface area contributed by atoms with E-state index >= 15 is 0 Å². The van der Waals surface area contributed by atoms with Gasteiger partial charge in [0.1, 0.15) is 6.04 Å². The van der Waals surface area contributed by atoms with Gasteiger partial charge in [0.25, 0.3) is 0 Å². The summed E-state index contributed by atoms with van der Waals surface area (Å²) in [6.45, 7) is 3.12. The van der Waals surface area contributed by atoms with Gasteiger partial charge in [-0.15, -0.1) is 0 Å². The summed E-state index contributed by atoms with van der Waals surface area (Å²) >= 11 is 0. The fraction of sp³-hybridized carbons (Fsp3) is 0.750. The molecule has 8 heteroatoms. The van der Waals surface area contributed by atoms with Crippen molar-refractivity contribution in [3.05, 3.63) is 0 Å². The van der Waals surface area contributed by atoms with Crippen molar-refractivity contribution in [2.24, 2.45) is 11.7 Å². The van der Waals surface area contributed by atoms with Gasteiger partial charge in [-0.2, -0.15) is 0 Å². The Morgan fingerprint density at radius 1 is 1.40 bits per heavy atom. The number of likely N-dealkylation sites (N-methyl/N-ethyl adjacent to an activating group) is 1. The van der Waals surface area contributed by atoms with E-state index in [-0.39, 0.29) is 6.04 Å². The van der Waals surface area contributed by atoms with Crippen LogP contribution in [0.1, 0.15) is 13.3 Å². The third-order valence-electron chi connectivity index (χ3n) is 3.52. The Morgan fingerprint density at radius 2 is 2.00 bits per heavy atom.